The van der Waals surface area contributed by atoms with Crippen LogP contribution in [0.5, 0.6) is 0 Å². The van der Waals surface area contributed by atoms with Gasteiger partial charge in [0.2, 0.25) is 5.91 Å². The molecule has 0 aliphatic carbocycles. The van der Waals surface area contributed by atoms with Crippen LogP contribution in [0.25, 0.3) is 11.3 Å². The van der Waals surface area contributed by atoms with E-state index in [1.54, 1.807) is 37.4 Å². The van der Waals surface area contributed by atoms with E-state index in [4.69, 9.17) is 11.6 Å². The van der Waals surface area contributed by atoms with Crippen LogP contribution in [0.2, 0.25) is 4.34 Å². The number of hydrogen-bond acceptors (Lipinski definition) is 6. The Morgan fingerprint density at radius 3 is 2.74 bits per heavy atom. The number of aromatic nitrogens is 2. The van der Waals surface area contributed by atoms with Crippen LogP contribution in [-0.4, -0.2) is 30.8 Å². The first-order valence-corrected chi connectivity index (χ1v) is 10.5. The van der Waals surface area contributed by atoms with Gasteiger partial charge >= 0.3 is 0 Å². The van der Waals surface area contributed by atoms with Crippen LogP contribution in [0.4, 0.5) is 5.69 Å². The van der Waals surface area contributed by atoms with Crippen LogP contribution in [0, 0.1) is 6.92 Å². The Morgan fingerprint density at radius 2 is 2.04 bits per heavy atom. The zero-order chi connectivity index (χ0) is 19.4. The van der Waals surface area contributed by atoms with E-state index in [0.717, 1.165) is 22.6 Å². The molecule has 2 aromatic heterocycles. The summed E-state index contributed by atoms with van der Waals surface area (Å²) in [6, 6.07) is 11.8. The molecule has 3 aromatic rings. The van der Waals surface area contributed by atoms with E-state index in [1.807, 2.05) is 6.07 Å². The molecule has 0 bridgehead atoms. The molecule has 0 aliphatic heterocycles. The Labute approximate surface area is 165 Å². The van der Waals surface area contributed by atoms with Crippen LogP contribution >= 0.6 is 22.9 Å². The largest absolute Gasteiger partial charge is 0.325 e. The molecule has 0 atom stereocenters. The van der Waals surface area contributed by atoms with E-state index in [2.05, 4.69) is 20.0 Å². The highest BCUT2D eigenvalue weighted by atomic mass is 35.5. The molecule has 27 heavy (non-hydrogen) atoms. The number of carbonyl (C=O) groups is 1. The lowest BCUT2D eigenvalue weighted by Crippen LogP contribution is -2.32. The fourth-order valence-corrected chi connectivity index (χ4v) is 4.76. The van der Waals surface area contributed by atoms with Gasteiger partial charge in [0.15, 0.2) is 0 Å². The predicted molar refractivity (Wildman–Crippen MR) is 105 cm³/mol. The molecular formula is C17H15ClN4O3S2. The fraction of sp³-hybridized carbons (Fsp3) is 0.118. The lowest BCUT2D eigenvalue weighted by Gasteiger charge is -2.08. The van der Waals surface area contributed by atoms with Crippen molar-refractivity contribution in [3.05, 3.63) is 58.8 Å². The molecule has 1 amide bonds. The number of benzene rings is 1. The summed E-state index contributed by atoms with van der Waals surface area (Å²) in [5, 5.41) is 2.66. The number of nitrogens with zero attached hydrogens (tertiary/aromatic N) is 2. The molecule has 2 heterocycles. The summed E-state index contributed by atoms with van der Waals surface area (Å²) >= 11 is 6.67. The molecule has 2 N–H and O–H groups in total. The predicted octanol–water partition coefficient (Wildman–Crippen LogP) is 3.08. The normalized spacial score (nSPS) is 11.3. The van der Waals surface area contributed by atoms with Gasteiger partial charge in [0.05, 0.1) is 16.6 Å². The minimum Gasteiger partial charge on any atom is -0.325 e. The van der Waals surface area contributed by atoms with E-state index in [-0.39, 0.29) is 4.21 Å². The Bertz CT molecular complexity index is 1080. The van der Waals surface area contributed by atoms with Gasteiger partial charge in [0.1, 0.15) is 10.0 Å². The third-order valence-electron chi connectivity index (χ3n) is 3.45. The molecule has 1 aromatic carbocycles. The van der Waals surface area contributed by atoms with Crippen molar-refractivity contribution in [3.63, 3.8) is 0 Å². The van der Waals surface area contributed by atoms with E-state index < -0.39 is 22.5 Å². The summed E-state index contributed by atoms with van der Waals surface area (Å²) in [7, 11) is -3.78. The van der Waals surface area contributed by atoms with Crippen molar-refractivity contribution in [2.45, 2.75) is 11.1 Å². The molecule has 0 radical (unpaired) electrons. The summed E-state index contributed by atoms with van der Waals surface area (Å²) in [6.07, 6.45) is 1.66. The van der Waals surface area contributed by atoms with Crippen LogP contribution in [-0.2, 0) is 14.8 Å². The maximum atomic E-state index is 12.1. The SMILES string of the molecule is Cc1nccc(-c2cccc(NC(=O)CNS(=O)(=O)c3ccc(Cl)s3)c2)n1. The van der Waals surface area contributed by atoms with Crippen LogP contribution in [0.15, 0.2) is 52.9 Å². The third kappa shape index (κ3) is 5.10. The average molecular weight is 423 g/mol. The molecule has 0 aliphatic rings. The molecule has 3 rings (SSSR count). The molecular weight excluding hydrogens is 408 g/mol. The van der Waals surface area contributed by atoms with Gasteiger partial charge in [0, 0.05) is 17.4 Å². The van der Waals surface area contributed by atoms with Crippen molar-refractivity contribution < 1.29 is 13.2 Å². The second-order valence-corrected chi connectivity index (χ2v) is 9.21. The summed E-state index contributed by atoms with van der Waals surface area (Å²) < 4.78 is 26.9. The molecule has 0 unspecified atom stereocenters. The number of rotatable bonds is 6. The van der Waals surface area contributed by atoms with Gasteiger partial charge in [-0.3, -0.25) is 4.79 Å². The number of thiophene rings is 1. The topological polar surface area (TPSA) is 101 Å². The minimum atomic E-state index is -3.78. The van der Waals surface area contributed by atoms with Crippen LogP contribution < -0.4 is 10.0 Å². The first-order chi connectivity index (χ1) is 12.8. The zero-order valence-corrected chi connectivity index (χ0v) is 16.5. The van der Waals surface area contributed by atoms with Crippen LogP contribution in [0.3, 0.4) is 0 Å². The zero-order valence-electron chi connectivity index (χ0n) is 14.1. The lowest BCUT2D eigenvalue weighted by atomic mass is 10.1. The number of halogens is 1. The number of aryl methyl sites for hydroxylation is 1. The molecule has 0 fully saturated rings. The van der Waals surface area contributed by atoms with Gasteiger partial charge in [0.25, 0.3) is 10.0 Å². The Balaban J connectivity index is 1.65. The molecule has 7 nitrogen and oxygen atoms in total. The first-order valence-electron chi connectivity index (χ1n) is 7.78. The first kappa shape index (κ1) is 19.4. The number of anilines is 1. The Morgan fingerprint density at radius 1 is 1.22 bits per heavy atom. The highest BCUT2D eigenvalue weighted by Gasteiger charge is 2.17. The second kappa shape index (κ2) is 8.13. The maximum Gasteiger partial charge on any atom is 0.250 e. The lowest BCUT2D eigenvalue weighted by molar-refractivity contribution is -0.115. The monoisotopic (exact) mass is 422 g/mol. The van der Waals surface area contributed by atoms with Crippen molar-refractivity contribution in [3.8, 4) is 11.3 Å². The second-order valence-electron chi connectivity index (χ2n) is 5.50. The summed E-state index contributed by atoms with van der Waals surface area (Å²) in [4.78, 5) is 20.5. The highest BCUT2D eigenvalue weighted by Crippen LogP contribution is 2.25. The number of nitrogens with one attached hydrogen (secondary N) is 2. The molecule has 140 valence electrons. The van der Waals surface area contributed by atoms with Crippen molar-refractivity contribution in [2.24, 2.45) is 0 Å². The van der Waals surface area contributed by atoms with Gasteiger partial charge in [-0.1, -0.05) is 23.7 Å². The van der Waals surface area contributed by atoms with Crippen molar-refractivity contribution in [1.29, 1.82) is 0 Å². The smallest absolute Gasteiger partial charge is 0.250 e. The van der Waals surface area contributed by atoms with Crippen molar-refractivity contribution in [2.75, 3.05) is 11.9 Å². The van der Waals surface area contributed by atoms with E-state index in [1.165, 1.54) is 12.1 Å². The number of sulfonamides is 1. The van der Waals surface area contributed by atoms with Gasteiger partial charge in [-0.25, -0.2) is 23.1 Å². The Hall–Kier alpha value is -2.33. The number of amides is 1. The average Bonchev–Trinajstić information content (AvgIpc) is 3.08. The molecule has 10 heteroatoms. The van der Waals surface area contributed by atoms with Gasteiger partial charge in [-0.15, -0.1) is 11.3 Å². The summed E-state index contributed by atoms with van der Waals surface area (Å²) in [5.74, 6) is 0.155. The maximum absolute atomic E-state index is 12.1. The van der Waals surface area contributed by atoms with Gasteiger partial charge in [-0.05, 0) is 37.3 Å². The summed E-state index contributed by atoms with van der Waals surface area (Å²) in [5.41, 5.74) is 2.08. The highest BCUT2D eigenvalue weighted by molar-refractivity contribution is 7.91. The standard InChI is InChI=1S/C17H15ClN4O3S2/c1-11-19-8-7-14(21-11)12-3-2-4-13(9-12)22-16(23)10-20-27(24,25)17-6-5-15(18)26-17/h2-9,20H,10H2,1H3,(H,22,23). The van der Waals surface area contributed by atoms with E-state index >= 15 is 0 Å². The van der Waals surface area contributed by atoms with Crippen molar-refractivity contribution in [1.82, 2.24) is 14.7 Å². The minimum absolute atomic E-state index is 0.0569. The van der Waals surface area contributed by atoms with E-state index in [9.17, 15) is 13.2 Å². The van der Waals surface area contributed by atoms with Crippen molar-refractivity contribution >= 4 is 44.6 Å². The fourth-order valence-electron chi connectivity index (χ4n) is 2.25. The van der Waals surface area contributed by atoms with Crippen LogP contribution in [0.1, 0.15) is 5.82 Å². The molecule has 0 spiro atoms. The number of hydrogen-bond donors (Lipinski definition) is 2. The third-order valence-corrected chi connectivity index (χ3v) is 6.58. The molecule has 0 saturated heterocycles. The summed E-state index contributed by atoms with van der Waals surface area (Å²) in [6.45, 7) is 1.40. The Kier molecular flexibility index (Phi) is 5.85. The number of carbonyl (C=O) groups excluding carboxylic acids is 1. The molecule has 0 saturated carbocycles. The van der Waals surface area contributed by atoms with Gasteiger partial charge < -0.3 is 5.32 Å². The quantitative estimate of drug-likeness (QED) is 0.635. The van der Waals surface area contributed by atoms with E-state index in [0.29, 0.717) is 15.8 Å². The van der Waals surface area contributed by atoms with Gasteiger partial charge in [-0.2, -0.15) is 0 Å².